The number of hydrogen-bond acceptors (Lipinski definition) is 5. The van der Waals surface area contributed by atoms with Gasteiger partial charge in [-0.1, -0.05) is 6.07 Å². The van der Waals surface area contributed by atoms with E-state index in [0.29, 0.717) is 0 Å². The average Bonchev–Trinajstić information content (AvgIpc) is 3.21. The van der Waals surface area contributed by atoms with Gasteiger partial charge in [0, 0.05) is 29.3 Å². The van der Waals surface area contributed by atoms with Gasteiger partial charge in [-0.15, -0.1) is 0 Å². The lowest BCUT2D eigenvalue weighted by Crippen LogP contribution is -2.11. The van der Waals surface area contributed by atoms with E-state index in [1.165, 1.54) is 5.56 Å². The number of rotatable bonds is 7. The minimum Gasteiger partial charge on any atom is -0.497 e. The van der Waals surface area contributed by atoms with Crippen LogP contribution in [0.3, 0.4) is 0 Å². The summed E-state index contributed by atoms with van der Waals surface area (Å²) in [6.45, 7) is 8.08. The number of anilines is 2. The lowest BCUT2D eigenvalue weighted by atomic mass is 10.1. The minimum absolute atomic E-state index is 0.0653. The second-order valence-electron chi connectivity index (χ2n) is 7.75. The summed E-state index contributed by atoms with van der Waals surface area (Å²) in [6.07, 6.45) is 0.924. The molecule has 3 aromatic rings. The fourth-order valence-corrected chi connectivity index (χ4v) is 3.56. The third kappa shape index (κ3) is 3.88. The van der Waals surface area contributed by atoms with E-state index >= 15 is 0 Å². The van der Waals surface area contributed by atoms with Crippen LogP contribution in [0.25, 0.3) is 11.3 Å². The zero-order valence-corrected chi connectivity index (χ0v) is 17.5. The molecule has 0 bridgehead atoms. The van der Waals surface area contributed by atoms with Crippen molar-refractivity contribution >= 4 is 11.5 Å². The molecule has 4 rings (SSSR count). The molecule has 0 fully saturated rings. The maximum atomic E-state index is 6.03. The zero-order valence-electron chi connectivity index (χ0n) is 17.5. The molecule has 2 aromatic carbocycles. The Kier molecular flexibility index (Phi) is 5.09. The third-order valence-corrected chi connectivity index (χ3v) is 4.73. The maximum Gasteiger partial charge on any atom is 0.162 e. The molecular formula is C23H27N3O3. The van der Waals surface area contributed by atoms with Gasteiger partial charge in [-0.2, -0.15) is 5.10 Å². The monoisotopic (exact) mass is 393 g/mol. The van der Waals surface area contributed by atoms with Crippen LogP contribution in [-0.2, 0) is 6.42 Å². The van der Waals surface area contributed by atoms with E-state index in [1.807, 2.05) is 52.0 Å². The number of benzene rings is 2. The van der Waals surface area contributed by atoms with Crippen LogP contribution in [0.4, 0.5) is 11.5 Å². The predicted octanol–water partition coefficient (Wildman–Crippen LogP) is 5.31. The highest BCUT2D eigenvalue weighted by atomic mass is 16.5. The number of nitrogens with zero attached hydrogens (tertiary/aromatic N) is 1. The first-order valence-corrected chi connectivity index (χ1v) is 9.93. The first-order valence-electron chi connectivity index (χ1n) is 9.93. The first-order chi connectivity index (χ1) is 13.9. The van der Waals surface area contributed by atoms with E-state index in [-0.39, 0.29) is 12.2 Å². The van der Waals surface area contributed by atoms with Crippen LogP contribution in [0.5, 0.6) is 17.2 Å². The Morgan fingerprint density at radius 3 is 2.41 bits per heavy atom. The third-order valence-electron chi connectivity index (χ3n) is 4.73. The zero-order chi connectivity index (χ0) is 20.5. The summed E-state index contributed by atoms with van der Waals surface area (Å²) in [5.41, 5.74) is 5.41. The van der Waals surface area contributed by atoms with Gasteiger partial charge in [-0.3, -0.25) is 5.10 Å². The second-order valence-corrected chi connectivity index (χ2v) is 7.75. The summed E-state index contributed by atoms with van der Waals surface area (Å²) < 4.78 is 17.4. The molecule has 1 aliphatic rings. The number of aromatic amines is 1. The van der Waals surface area contributed by atoms with Crippen LogP contribution >= 0.6 is 0 Å². The molecule has 2 N–H and O–H groups in total. The van der Waals surface area contributed by atoms with E-state index in [1.54, 1.807) is 7.11 Å². The van der Waals surface area contributed by atoms with Crippen molar-refractivity contribution < 1.29 is 14.2 Å². The van der Waals surface area contributed by atoms with Crippen LogP contribution < -0.4 is 19.5 Å². The highest BCUT2D eigenvalue weighted by Gasteiger charge is 2.27. The summed E-state index contributed by atoms with van der Waals surface area (Å²) >= 11 is 0. The minimum atomic E-state index is 0.0653. The lowest BCUT2D eigenvalue weighted by Gasteiger charge is -2.18. The quantitative estimate of drug-likeness (QED) is 0.445. The van der Waals surface area contributed by atoms with Crippen molar-refractivity contribution in [3.05, 3.63) is 47.5 Å². The highest BCUT2D eigenvalue weighted by Crippen LogP contribution is 2.45. The largest absolute Gasteiger partial charge is 0.497 e. The van der Waals surface area contributed by atoms with Crippen molar-refractivity contribution in [1.82, 2.24) is 10.2 Å². The number of aromatic nitrogens is 2. The summed E-state index contributed by atoms with van der Waals surface area (Å²) in [6, 6.07) is 12.0. The van der Waals surface area contributed by atoms with Gasteiger partial charge in [-0.25, -0.2) is 0 Å². The Morgan fingerprint density at radius 2 is 1.72 bits per heavy atom. The molecule has 1 heterocycles. The lowest BCUT2D eigenvalue weighted by molar-refractivity contribution is 0.199. The van der Waals surface area contributed by atoms with Gasteiger partial charge in [0.05, 0.1) is 25.0 Å². The van der Waals surface area contributed by atoms with E-state index in [9.17, 15) is 0 Å². The SMILES string of the molecule is COc1cccc(Nc2n[nH]c3c2Cc2cc(OC(C)C)c(OC(C)C)cc2-3)c1. The molecule has 0 saturated carbocycles. The van der Waals surface area contributed by atoms with Crippen LogP contribution in [0.1, 0.15) is 38.8 Å². The molecule has 1 aliphatic carbocycles. The van der Waals surface area contributed by atoms with E-state index in [2.05, 4.69) is 27.6 Å². The van der Waals surface area contributed by atoms with Crippen molar-refractivity contribution in [2.24, 2.45) is 0 Å². The molecule has 0 saturated heterocycles. The topological polar surface area (TPSA) is 68.4 Å². The maximum absolute atomic E-state index is 6.03. The highest BCUT2D eigenvalue weighted by molar-refractivity contribution is 5.81. The van der Waals surface area contributed by atoms with Gasteiger partial charge in [0.2, 0.25) is 0 Å². The number of methoxy groups -OCH3 is 1. The Labute approximate surface area is 171 Å². The summed E-state index contributed by atoms with van der Waals surface area (Å²) in [7, 11) is 1.66. The van der Waals surface area contributed by atoms with Gasteiger partial charge in [-0.05, 0) is 57.5 Å². The molecule has 0 atom stereocenters. The van der Waals surface area contributed by atoms with Crippen LogP contribution in [0.2, 0.25) is 0 Å². The number of hydrogen-bond donors (Lipinski definition) is 2. The molecule has 0 amide bonds. The summed E-state index contributed by atoms with van der Waals surface area (Å²) in [5, 5.41) is 11.1. The molecule has 6 nitrogen and oxygen atoms in total. The first kappa shape index (κ1) is 19.2. The molecule has 0 radical (unpaired) electrons. The van der Waals surface area contributed by atoms with Crippen molar-refractivity contribution in [2.45, 2.75) is 46.3 Å². The Hall–Kier alpha value is -3.15. The van der Waals surface area contributed by atoms with Crippen LogP contribution in [0, 0.1) is 0 Å². The Balaban J connectivity index is 1.67. The van der Waals surface area contributed by atoms with Crippen molar-refractivity contribution in [1.29, 1.82) is 0 Å². The molecule has 152 valence electrons. The number of H-pyrrole nitrogens is 1. The summed E-state index contributed by atoms with van der Waals surface area (Å²) in [4.78, 5) is 0. The number of ether oxygens (including phenoxy) is 3. The fraction of sp³-hybridized carbons (Fsp3) is 0.348. The number of fused-ring (bicyclic) bond motifs is 3. The molecular weight excluding hydrogens is 366 g/mol. The van der Waals surface area contributed by atoms with E-state index in [0.717, 1.165) is 52.0 Å². The molecule has 0 aliphatic heterocycles. The van der Waals surface area contributed by atoms with Crippen molar-refractivity contribution in [3.63, 3.8) is 0 Å². The van der Waals surface area contributed by atoms with Crippen LogP contribution in [-0.4, -0.2) is 29.5 Å². The number of nitrogens with one attached hydrogen (secondary N) is 2. The van der Waals surface area contributed by atoms with Crippen LogP contribution in [0.15, 0.2) is 36.4 Å². The fourth-order valence-electron chi connectivity index (χ4n) is 3.56. The Bertz CT molecular complexity index is 1020. The van der Waals surface area contributed by atoms with E-state index < -0.39 is 0 Å². The molecule has 6 heteroatoms. The van der Waals surface area contributed by atoms with Gasteiger partial charge in [0.1, 0.15) is 5.75 Å². The van der Waals surface area contributed by atoms with Crippen molar-refractivity contribution in [2.75, 3.05) is 12.4 Å². The molecule has 29 heavy (non-hydrogen) atoms. The standard InChI is InChI=1S/C23H27N3O3/c1-13(2)28-20-10-15-9-19-22(18(15)12-21(20)29-14(3)4)25-26-23(19)24-16-7-6-8-17(11-16)27-5/h6-8,10-14H,9H2,1-5H3,(H2,24,25,26). The predicted molar refractivity (Wildman–Crippen MR) is 115 cm³/mol. The van der Waals surface area contributed by atoms with Gasteiger partial charge in [0.25, 0.3) is 0 Å². The van der Waals surface area contributed by atoms with Gasteiger partial charge in [0.15, 0.2) is 17.3 Å². The molecule has 0 unspecified atom stereocenters. The smallest absolute Gasteiger partial charge is 0.162 e. The normalized spacial score (nSPS) is 12.1. The Morgan fingerprint density at radius 1 is 1.00 bits per heavy atom. The van der Waals surface area contributed by atoms with Gasteiger partial charge < -0.3 is 19.5 Å². The summed E-state index contributed by atoms with van der Waals surface area (Å²) in [5.74, 6) is 3.17. The second kappa shape index (κ2) is 7.70. The molecule has 1 aromatic heterocycles. The average molecular weight is 393 g/mol. The van der Waals surface area contributed by atoms with E-state index in [4.69, 9.17) is 14.2 Å². The molecule has 0 spiro atoms. The van der Waals surface area contributed by atoms with Gasteiger partial charge >= 0.3 is 0 Å². The van der Waals surface area contributed by atoms with Crippen molar-refractivity contribution in [3.8, 4) is 28.5 Å².